The number of thiazole rings is 1. The quantitative estimate of drug-likeness (QED) is 0.437. The van der Waals surface area contributed by atoms with Crippen LogP contribution >= 0.6 is 11.3 Å². The van der Waals surface area contributed by atoms with Crippen LogP contribution in [0.2, 0.25) is 0 Å². The zero-order chi connectivity index (χ0) is 18.2. The summed E-state index contributed by atoms with van der Waals surface area (Å²) in [6.07, 6.45) is 0. The zero-order valence-corrected chi connectivity index (χ0v) is 15.0. The maximum atomic E-state index is 9.93. The van der Waals surface area contributed by atoms with E-state index in [1.165, 1.54) is 11.3 Å². The van der Waals surface area contributed by atoms with E-state index < -0.39 is 0 Å². The smallest absolute Gasteiger partial charge is 0.210 e. The zero-order valence-electron chi connectivity index (χ0n) is 14.2. The lowest BCUT2D eigenvalue weighted by atomic mass is 10.1. The largest absolute Gasteiger partial charge is 0.508 e. The number of hydrogen-bond donors (Lipinski definition) is 1. The molecule has 0 aliphatic carbocycles. The van der Waals surface area contributed by atoms with E-state index in [4.69, 9.17) is 9.41 Å². The molecule has 0 saturated heterocycles. The molecule has 130 valence electrons. The maximum absolute atomic E-state index is 9.93. The highest BCUT2D eigenvalue weighted by Crippen LogP contribution is 2.28. The van der Waals surface area contributed by atoms with E-state index in [9.17, 15) is 5.11 Å². The Labute approximate surface area is 158 Å². The van der Waals surface area contributed by atoms with Gasteiger partial charge in [-0.05, 0) is 30.3 Å². The number of hydrogen-bond acceptors (Lipinski definition) is 5. The average Bonchev–Trinajstić information content (AvgIpc) is 3.11. The normalized spacial score (nSPS) is 12.1. The van der Waals surface area contributed by atoms with Gasteiger partial charge in [-0.3, -0.25) is 0 Å². The molecule has 5 heteroatoms. The maximum Gasteiger partial charge on any atom is 0.210 e. The predicted octanol–water partition coefficient (Wildman–Crippen LogP) is 5.65. The molecule has 3 aromatic carbocycles. The third-order valence-electron chi connectivity index (χ3n) is 4.28. The Kier molecular flexibility index (Phi) is 3.73. The van der Waals surface area contributed by atoms with Crippen molar-refractivity contribution in [1.82, 2.24) is 4.98 Å². The second kappa shape index (κ2) is 6.37. The topological polar surface area (TPSA) is 58.6 Å². The minimum absolute atomic E-state index is 0.172. The highest BCUT2D eigenvalue weighted by atomic mass is 32.1. The molecule has 2 heterocycles. The van der Waals surface area contributed by atoms with Crippen LogP contribution < -0.4 is 5.36 Å². The number of phenols is 1. The Bertz CT molecular complexity index is 1300. The molecule has 0 aliphatic rings. The molecule has 27 heavy (non-hydrogen) atoms. The van der Waals surface area contributed by atoms with Crippen molar-refractivity contribution in [3.63, 3.8) is 0 Å². The summed E-state index contributed by atoms with van der Waals surface area (Å²) < 4.78 is 7.14. The molecule has 0 radical (unpaired) electrons. The van der Waals surface area contributed by atoms with Crippen LogP contribution in [0, 0.1) is 0 Å². The fourth-order valence-electron chi connectivity index (χ4n) is 3.01. The van der Waals surface area contributed by atoms with Gasteiger partial charge in [0.2, 0.25) is 5.13 Å². The monoisotopic (exact) mass is 370 g/mol. The number of rotatable bonds is 2. The fourth-order valence-corrected chi connectivity index (χ4v) is 3.85. The van der Waals surface area contributed by atoms with Crippen molar-refractivity contribution in [1.29, 1.82) is 0 Å². The van der Waals surface area contributed by atoms with E-state index in [-0.39, 0.29) is 5.75 Å². The van der Waals surface area contributed by atoms with Crippen LogP contribution in [-0.4, -0.2) is 10.1 Å². The molecule has 0 amide bonds. The Hall–Kier alpha value is -3.44. The number of para-hydroxylation sites is 1. The van der Waals surface area contributed by atoms with E-state index in [1.54, 1.807) is 18.2 Å². The van der Waals surface area contributed by atoms with Gasteiger partial charge in [0.05, 0.1) is 15.6 Å². The number of benzene rings is 3. The Morgan fingerprint density at radius 3 is 2.56 bits per heavy atom. The Balaban J connectivity index is 1.79. The van der Waals surface area contributed by atoms with E-state index in [0.29, 0.717) is 21.8 Å². The summed E-state index contributed by atoms with van der Waals surface area (Å²) >= 11 is 1.54. The number of nitrogens with zero attached hydrogens (tertiary/aromatic N) is 2. The van der Waals surface area contributed by atoms with Gasteiger partial charge < -0.3 is 9.52 Å². The van der Waals surface area contributed by atoms with Crippen molar-refractivity contribution in [3.8, 4) is 17.1 Å². The Morgan fingerprint density at radius 2 is 1.70 bits per heavy atom. The van der Waals surface area contributed by atoms with Crippen molar-refractivity contribution < 1.29 is 9.52 Å². The summed E-state index contributed by atoms with van der Waals surface area (Å²) in [5.41, 5.74) is 2.56. The predicted molar refractivity (Wildman–Crippen MR) is 108 cm³/mol. The molecule has 0 spiro atoms. The van der Waals surface area contributed by atoms with Gasteiger partial charge in [0, 0.05) is 17.0 Å². The van der Waals surface area contributed by atoms with E-state index in [2.05, 4.69) is 4.98 Å². The average molecular weight is 370 g/mol. The fraction of sp³-hybridized carbons (Fsp3) is 0. The molecule has 0 aliphatic heterocycles. The second-order valence-corrected chi connectivity index (χ2v) is 7.13. The first-order valence-electron chi connectivity index (χ1n) is 8.49. The molecule has 0 bridgehead atoms. The van der Waals surface area contributed by atoms with Crippen molar-refractivity contribution >= 4 is 37.7 Å². The summed E-state index contributed by atoms with van der Waals surface area (Å²) in [7, 11) is 0. The standard InChI is InChI=1S/C22H14N2O2S/c25-15-10-11-19-16(12-15)18(13-20(26-19)14-6-2-1-3-7-14)24-22-23-17-8-4-5-9-21(17)27-22/h1-13,25H/b24-18+. The van der Waals surface area contributed by atoms with Crippen LogP contribution in [0.1, 0.15) is 0 Å². The molecule has 0 unspecified atom stereocenters. The van der Waals surface area contributed by atoms with Gasteiger partial charge in [-0.25, -0.2) is 9.98 Å². The lowest BCUT2D eigenvalue weighted by Crippen LogP contribution is -2.03. The van der Waals surface area contributed by atoms with Crippen molar-refractivity contribution in [2.45, 2.75) is 0 Å². The SMILES string of the molecule is Oc1ccc2oc(-c3ccccc3)c/c(=N\c3nc4ccccc4s3)c2c1. The lowest BCUT2D eigenvalue weighted by Gasteiger charge is -2.05. The molecular weight excluding hydrogens is 356 g/mol. The van der Waals surface area contributed by atoms with Gasteiger partial charge >= 0.3 is 0 Å². The first-order chi connectivity index (χ1) is 13.3. The third-order valence-corrected chi connectivity index (χ3v) is 5.21. The van der Waals surface area contributed by atoms with Crippen LogP contribution in [0.25, 0.3) is 32.5 Å². The number of phenolic OH excluding ortho intramolecular Hbond substituents is 1. The number of aromatic hydroxyl groups is 1. The van der Waals surface area contributed by atoms with Crippen LogP contribution in [0.15, 0.2) is 88.3 Å². The summed E-state index contributed by atoms with van der Waals surface area (Å²) in [5, 5.41) is 12.1. The van der Waals surface area contributed by atoms with Gasteiger partial charge in [0.25, 0.3) is 0 Å². The van der Waals surface area contributed by atoms with Crippen molar-refractivity contribution in [2.75, 3.05) is 0 Å². The van der Waals surface area contributed by atoms with E-state index >= 15 is 0 Å². The van der Waals surface area contributed by atoms with Crippen molar-refractivity contribution in [3.05, 3.63) is 84.2 Å². The molecule has 0 saturated carbocycles. The van der Waals surface area contributed by atoms with Gasteiger partial charge in [0.15, 0.2) is 0 Å². The molecule has 4 nitrogen and oxygen atoms in total. The first kappa shape index (κ1) is 15.8. The molecule has 5 rings (SSSR count). The van der Waals surface area contributed by atoms with Gasteiger partial charge in [-0.15, -0.1) is 0 Å². The molecule has 2 aromatic heterocycles. The van der Waals surface area contributed by atoms with Crippen LogP contribution in [-0.2, 0) is 0 Å². The minimum Gasteiger partial charge on any atom is -0.508 e. The highest BCUT2D eigenvalue weighted by Gasteiger charge is 2.08. The lowest BCUT2D eigenvalue weighted by molar-refractivity contribution is 0.475. The number of fused-ring (bicyclic) bond motifs is 2. The van der Waals surface area contributed by atoms with Gasteiger partial charge in [-0.1, -0.05) is 53.8 Å². The molecule has 0 fully saturated rings. The summed E-state index contributed by atoms with van der Waals surface area (Å²) in [6, 6.07) is 24.8. The summed E-state index contributed by atoms with van der Waals surface area (Å²) in [4.78, 5) is 9.37. The van der Waals surface area contributed by atoms with Crippen LogP contribution in [0.4, 0.5) is 5.13 Å². The van der Waals surface area contributed by atoms with E-state index in [1.807, 2.05) is 60.7 Å². The minimum atomic E-state index is 0.172. The highest BCUT2D eigenvalue weighted by molar-refractivity contribution is 7.21. The molecule has 5 aromatic rings. The van der Waals surface area contributed by atoms with Gasteiger partial charge in [0.1, 0.15) is 17.1 Å². The molecule has 0 atom stereocenters. The second-order valence-electron chi connectivity index (χ2n) is 6.12. The third kappa shape index (κ3) is 2.98. The summed E-state index contributed by atoms with van der Waals surface area (Å²) in [5.74, 6) is 0.888. The van der Waals surface area contributed by atoms with E-state index in [0.717, 1.165) is 21.2 Å². The van der Waals surface area contributed by atoms with Crippen LogP contribution in [0.5, 0.6) is 5.75 Å². The Morgan fingerprint density at radius 1 is 0.889 bits per heavy atom. The molecular formula is C22H14N2O2S. The molecule has 1 N–H and O–H groups in total. The summed E-state index contributed by atoms with van der Waals surface area (Å²) in [6.45, 7) is 0. The first-order valence-corrected chi connectivity index (χ1v) is 9.30. The number of aromatic nitrogens is 1. The van der Waals surface area contributed by atoms with Crippen molar-refractivity contribution in [2.24, 2.45) is 4.99 Å². The van der Waals surface area contributed by atoms with Crippen LogP contribution in [0.3, 0.4) is 0 Å². The van der Waals surface area contributed by atoms with Gasteiger partial charge in [-0.2, -0.15) is 0 Å².